The van der Waals surface area contributed by atoms with Gasteiger partial charge in [0, 0.05) is 16.3 Å². The molecule has 2 N–H and O–H groups in total. The lowest BCUT2D eigenvalue weighted by molar-refractivity contribution is -0.136. The van der Waals surface area contributed by atoms with E-state index in [1.165, 1.54) is 5.56 Å². The summed E-state index contributed by atoms with van der Waals surface area (Å²) < 4.78 is 5.20. The maximum Gasteiger partial charge on any atom is 0.308 e. The van der Waals surface area contributed by atoms with Gasteiger partial charge in [0.1, 0.15) is 5.75 Å². The smallest absolute Gasteiger partial charge is 0.308 e. The van der Waals surface area contributed by atoms with Crippen molar-refractivity contribution in [3.63, 3.8) is 0 Å². The Morgan fingerprint density at radius 2 is 2.10 bits per heavy atom. The summed E-state index contributed by atoms with van der Waals surface area (Å²) in [6, 6.07) is 11.9. The maximum atomic E-state index is 10.6. The molecule has 0 bridgehead atoms. The van der Waals surface area contributed by atoms with E-state index in [1.807, 2.05) is 30.3 Å². The number of thiophene rings is 1. The number of hydrogen-bond donors (Lipinski definition) is 2. The number of carboxylic acids is 1. The molecule has 0 unspecified atom stereocenters. The molecule has 0 saturated heterocycles. The normalized spacial score (nSPS) is 10.5. The van der Waals surface area contributed by atoms with Crippen molar-refractivity contribution in [1.82, 2.24) is 5.32 Å². The third-order valence-corrected chi connectivity index (χ3v) is 4.15. The van der Waals surface area contributed by atoms with Crippen LogP contribution in [-0.4, -0.2) is 24.7 Å². The number of nitrogens with one attached hydrogen (secondary N) is 1. The number of rotatable bonds is 8. The molecule has 0 saturated carbocycles. The number of carboxylic acid groups (broad SMARTS) is 1. The zero-order valence-electron chi connectivity index (χ0n) is 12.0. The minimum Gasteiger partial charge on any atom is -0.497 e. The largest absolute Gasteiger partial charge is 0.497 e. The molecule has 0 aliphatic rings. The molecule has 21 heavy (non-hydrogen) atoms. The molecule has 112 valence electrons. The van der Waals surface area contributed by atoms with E-state index in [4.69, 9.17) is 9.84 Å². The third-order valence-electron chi connectivity index (χ3n) is 3.07. The van der Waals surface area contributed by atoms with Gasteiger partial charge in [0.05, 0.1) is 13.5 Å². The Morgan fingerprint density at radius 3 is 2.86 bits per heavy atom. The molecule has 0 spiro atoms. The van der Waals surface area contributed by atoms with E-state index in [9.17, 15) is 4.79 Å². The van der Waals surface area contributed by atoms with Crippen molar-refractivity contribution in [3.8, 4) is 5.75 Å². The summed E-state index contributed by atoms with van der Waals surface area (Å²) in [5.41, 5.74) is 1.24. The Morgan fingerprint density at radius 1 is 1.29 bits per heavy atom. The van der Waals surface area contributed by atoms with Crippen molar-refractivity contribution in [1.29, 1.82) is 0 Å². The van der Waals surface area contributed by atoms with Gasteiger partial charge in [-0.1, -0.05) is 12.1 Å². The van der Waals surface area contributed by atoms with Crippen LogP contribution in [0.15, 0.2) is 36.4 Å². The van der Waals surface area contributed by atoms with Crippen LogP contribution < -0.4 is 10.1 Å². The first-order valence-electron chi connectivity index (χ1n) is 6.80. The van der Waals surface area contributed by atoms with Gasteiger partial charge in [0.15, 0.2) is 0 Å². The van der Waals surface area contributed by atoms with E-state index in [0.29, 0.717) is 0 Å². The van der Waals surface area contributed by atoms with Gasteiger partial charge in [-0.15, -0.1) is 11.3 Å². The molecule has 0 aliphatic heterocycles. The van der Waals surface area contributed by atoms with E-state index in [-0.39, 0.29) is 6.42 Å². The predicted octanol–water partition coefficient (Wildman–Crippen LogP) is 2.72. The number of hydrogen-bond acceptors (Lipinski definition) is 4. The van der Waals surface area contributed by atoms with E-state index in [0.717, 1.165) is 35.0 Å². The summed E-state index contributed by atoms with van der Waals surface area (Å²) in [5, 5.41) is 12.1. The van der Waals surface area contributed by atoms with Crippen molar-refractivity contribution in [2.45, 2.75) is 19.4 Å². The minimum atomic E-state index is -0.783. The van der Waals surface area contributed by atoms with Gasteiger partial charge in [0.25, 0.3) is 0 Å². The second-order valence-electron chi connectivity index (χ2n) is 4.72. The topological polar surface area (TPSA) is 58.6 Å². The van der Waals surface area contributed by atoms with Crippen LogP contribution in [0.3, 0.4) is 0 Å². The minimum absolute atomic E-state index is 0.106. The summed E-state index contributed by atoms with van der Waals surface area (Å²) >= 11 is 1.55. The monoisotopic (exact) mass is 305 g/mol. The molecule has 5 heteroatoms. The zero-order valence-corrected chi connectivity index (χ0v) is 12.8. The molecule has 0 radical (unpaired) electrons. The second kappa shape index (κ2) is 7.81. The predicted molar refractivity (Wildman–Crippen MR) is 84.1 cm³/mol. The van der Waals surface area contributed by atoms with E-state index in [2.05, 4.69) is 11.4 Å². The van der Waals surface area contributed by atoms with Gasteiger partial charge in [0.2, 0.25) is 0 Å². The van der Waals surface area contributed by atoms with Crippen molar-refractivity contribution >= 4 is 17.3 Å². The molecule has 2 aromatic rings. The number of aliphatic carboxylic acids is 1. The highest BCUT2D eigenvalue weighted by atomic mass is 32.1. The molecule has 0 aliphatic carbocycles. The Balaban J connectivity index is 1.74. The van der Waals surface area contributed by atoms with Crippen molar-refractivity contribution in [2.75, 3.05) is 13.7 Å². The van der Waals surface area contributed by atoms with Crippen molar-refractivity contribution < 1.29 is 14.6 Å². The first-order valence-corrected chi connectivity index (χ1v) is 7.62. The van der Waals surface area contributed by atoms with Crippen LogP contribution in [0.2, 0.25) is 0 Å². The van der Waals surface area contributed by atoms with Crippen LogP contribution in [0.1, 0.15) is 15.3 Å². The molecule has 0 fully saturated rings. The highest BCUT2D eigenvalue weighted by Gasteiger charge is 2.04. The number of ether oxygens (including phenoxy) is 1. The van der Waals surface area contributed by atoms with E-state index in [1.54, 1.807) is 18.4 Å². The first kappa shape index (κ1) is 15.5. The Kier molecular flexibility index (Phi) is 5.78. The third kappa shape index (κ3) is 5.21. The molecule has 1 aromatic carbocycles. The summed E-state index contributed by atoms with van der Waals surface area (Å²) in [6.45, 7) is 1.65. The van der Waals surface area contributed by atoms with Crippen molar-refractivity contribution in [2.24, 2.45) is 0 Å². The molecule has 4 nitrogen and oxygen atoms in total. The molecule has 0 atom stereocenters. The summed E-state index contributed by atoms with van der Waals surface area (Å²) in [7, 11) is 1.67. The summed E-state index contributed by atoms with van der Waals surface area (Å²) in [5.74, 6) is 0.0958. The van der Waals surface area contributed by atoms with Gasteiger partial charge in [-0.2, -0.15) is 0 Å². The number of benzene rings is 1. The molecule has 1 heterocycles. The summed E-state index contributed by atoms with van der Waals surface area (Å²) in [4.78, 5) is 12.7. The van der Waals surface area contributed by atoms with Gasteiger partial charge in [-0.3, -0.25) is 4.79 Å². The average Bonchev–Trinajstić information content (AvgIpc) is 2.90. The van der Waals surface area contributed by atoms with Gasteiger partial charge in [-0.05, 0) is 42.8 Å². The van der Waals surface area contributed by atoms with Crippen LogP contribution in [0.5, 0.6) is 5.75 Å². The Labute approximate surface area is 128 Å². The number of methoxy groups -OCH3 is 1. The summed E-state index contributed by atoms with van der Waals surface area (Å²) in [6.07, 6.45) is 1.04. The van der Waals surface area contributed by atoms with Crippen LogP contribution in [0, 0.1) is 0 Å². The first-order chi connectivity index (χ1) is 10.2. The van der Waals surface area contributed by atoms with Gasteiger partial charge in [-0.25, -0.2) is 0 Å². The van der Waals surface area contributed by atoms with Gasteiger partial charge < -0.3 is 15.2 Å². The highest BCUT2D eigenvalue weighted by molar-refractivity contribution is 7.12. The lowest BCUT2D eigenvalue weighted by Crippen LogP contribution is -2.15. The zero-order chi connectivity index (χ0) is 15.1. The van der Waals surface area contributed by atoms with E-state index < -0.39 is 5.97 Å². The molecule has 0 amide bonds. The second-order valence-corrected chi connectivity index (χ2v) is 5.97. The number of carbonyl (C=O) groups is 1. The SMILES string of the molecule is COc1cccc(CCNCc2ccc(CC(=O)O)s2)c1. The van der Waals surface area contributed by atoms with Crippen LogP contribution in [0.25, 0.3) is 0 Å². The van der Waals surface area contributed by atoms with E-state index >= 15 is 0 Å². The standard InChI is InChI=1S/C16H19NO3S/c1-20-13-4-2-3-12(9-13)7-8-17-11-15-6-5-14(21-15)10-16(18)19/h2-6,9,17H,7-8,10-11H2,1H3,(H,18,19). The quantitative estimate of drug-likeness (QED) is 0.736. The van der Waals surface area contributed by atoms with Crippen LogP contribution in [0.4, 0.5) is 0 Å². The molecule has 1 aromatic heterocycles. The molecule has 2 rings (SSSR count). The Bertz CT molecular complexity index is 595. The lowest BCUT2D eigenvalue weighted by atomic mass is 10.1. The highest BCUT2D eigenvalue weighted by Crippen LogP contribution is 2.17. The molecular formula is C16H19NO3S. The fraction of sp³-hybridized carbons (Fsp3) is 0.312. The van der Waals surface area contributed by atoms with Crippen molar-refractivity contribution in [3.05, 3.63) is 51.7 Å². The lowest BCUT2D eigenvalue weighted by Gasteiger charge is -2.05. The van der Waals surface area contributed by atoms with Crippen LogP contribution >= 0.6 is 11.3 Å². The fourth-order valence-corrected chi connectivity index (χ4v) is 3.01. The Hall–Kier alpha value is -1.85. The molecular weight excluding hydrogens is 286 g/mol. The van der Waals surface area contributed by atoms with Crippen LogP contribution in [-0.2, 0) is 24.2 Å². The average molecular weight is 305 g/mol. The van der Waals surface area contributed by atoms with Gasteiger partial charge >= 0.3 is 5.97 Å². The maximum absolute atomic E-state index is 10.6. The fourth-order valence-electron chi connectivity index (χ4n) is 2.03.